The Morgan fingerprint density at radius 3 is 2.74 bits per heavy atom. The van der Waals surface area contributed by atoms with Gasteiger partial charge in [-0.2, -0.15) is 5.10 Å². The van der Waals surface area contributed by atoms with E-state index in [2.05, 4.69) is 44.1 Å². The molecule has 1 unspecified atom stereocenters. The number of nitrogens with zero attached hydrogens (tertiary/aromatic N) is 3. The van der Waals surface area contributed by atoms with E-state index in [1.165, 1.54) is 16.7 Å². The number of hydrogen-bond donors (Lipinski definition) is 0. The molecule has 0 saturated heterocycles. The van der Waals surface area contributed by atoms with E-state index in [1.54, 1.807) is 10.9 Å². The molecule has 2 aromatic rings. The Morgan fingerprint density at radius 2 is 2.09 bits per heavy atom. The van der Waals surface area contributed by atoms with Crippen molar-refractivity contribution in [1.82, 2.24) is 14.7 Å². The van der Waals surface area contributed by atoms with Gasteiger partial charge < -0.3 is 4.90 Å². The van der Waals surface area contributed by atoms with Gasteiger partial charge in [0.15, 0.2) is 0 Å². The topological polar surface area (TPSA) is 38.1 Å². The van der Waals surface area contributed by atoms with Crippen molar-refractivity contribution in [2.45, 2.75) is 52.1 Å². The lowest BCUT2D eigenvalue weighted by atomic mass is 9.82. The highest BCUT2D eigenvalue weighted by Gasteiger charge is 2.38. The molecule has 0 N–H and O–H groups in total. The van der Waals surface area contributed by atoms with Gasteiger partial charge in [-0.15, -0.1) is 0 Å². The van der Waals surface area contributed by atoms with E-state index < -0.39 is 0 Å². The van der Waals surface area contributed by atoms with Gasteiger partial charge in [0.2, 0.25) is 5.91 Å². The third-order valence-electron chi connectivity index (χ3n) is 5.04. The second-order valence-corrected chi connectivity index (χ2v) is 7.30. The van der Waals surface area contributed by atoms with Crippen LogP contribution >= 0.6 is 0 Å². The maximum atomic E-state index is 13.1. The lowest BCUT2D eigenvalue weighted by Gasteiger charge is -2.45. The molecule has 4 heteroatoms. The van der Waals surface area contributed by atoms with Crippen LogP contribution in [0.5, 0.6) is 0 Å². The molecule has 0 spiro atoms. The summed E-state index contributed by atoms with van der Waals surface area (Å²) in [7, 11) is 1.88. The molecule has 23 heavy (non-hydrogen) atoms. The van der Waals surface area contributed by atoms with Crippen molar-refractivity contribution in [3.05, 3.63) is 52.8 Å². The van der Waals surface area contributed by atoms with Gasteiger partial charge >= 0.3 is 0 Å². The van der Waals surface area contributed by atoms with Crippen molar-refractivity contribution in [3.63, 3.8) is 0 Å². The molecule has 122 valence electrons. The molecule has 4 nitrogen and oxygen atoms in total. The second-order valence-electron chi connectivity index (χ2n) is 7.30. The van der Waals surface area contributed by atoms with Crippen LogP contribution in [0.4, 0.5) is 0 Å². The summed E-state index contributed by atoms with van der Waals surface area (Å²) in [5.74, 6) is 0.00416. The summed E-state index contributed by atoms with van der Waals surface area (Å²) in [6.07, 6.45) is 4.62. The molecule has 0 bridgehead atoms. The van der Waals surface area contributed by atoms with E-state index in [0.29, 0.717) is 6.54 Å². The van der Waals surface area contributed by atoms with Crippen molar-refractivity contribution in [2.24, 2.45) is 7.05 Å². The van der Waals surface area contributed by atoms with Gasteiger partial charge in [0.1, 0.15) is 0 Å². The minimum absolute atomic E-state index is 0.172. The summed E-state index contributed by atoms with van der Waals surface area (Å²) in [6.45, 7) is 9.14. The first-order chi connectivity index (χ1) is 10.8. The van der Waals surface area contributed by atoms with E-state index in [9.17, 15) is 4.79 Å². The summed E-state index contributed by atoms with van der Waals surface area (Å²) in [6, 6.07) is 6.39. The number of aryl methyl sites for hydroxylation is 2. The summed E-state index contributed by atoms with van der Waals surface area (Å²) in [4.78, 5) is 15.1. The van der Waals surface area contributed by atoms with E-state index in [4.69, 9.17) is 0 Å². The SMILES string of the molecule is Cc1cccc2c1CC(C)(C)N(C(=O)C(C)c1cnn(C)c1)C2. The van der Waals surface area contributed by atoms with E-state index in [-0.39, 0.29) is 17.4 Å². The summed E-state index contributed by atoms with van der Waals surface area (Å²) >= 11 is 0. The fourth-order valence-electron chi connectivity index (χ4n) is 3.49. The fourth-order valence-corrected chi connectivity index (χ4v) is 3.49. The maximum absolute atomic E-state index is 13.1. The molecule has 1 aliphatic rings. The Bertz CT molecular complexity index is 745. The number of carbonyl (C=O) groups excluding carboxylic acids is 1. The largest absolute Gasteiger partial charge is 0.332 e. The lowest BCUT2D eigenvalue weighted by molar-refractivity contribution is -0.139. The highest BCUT2D eigenvalue weighted by atomic mass is 16.2. The summed E-state index contributed by atoms with van der Waals surface area (Å²) in [5.41, 5.74) is 4.80. The zero-order valence-corrected chi connectivity index (χ0v) is 14.6. The molecule has 0 fully saturated rings. The average molecular weight is 311 g/mol. The van der Waals surface area contributed by atoms with Gasteiger partial charge in [-0.25, -0.2) is 0 Å². The van der Waals surface area contributed by atoms with Crippen LogP contribution in [0.25, 0.3) is 0 Å². The van der Waals surface area contributed by atoms with Crippen molar-refractivity contribution in [2.75, 3.05) is 0 Å². The first kappa shape index (κ1) is 15.8. The molecule has 1 aromatic heterocycles. The molecule has 1 aliphatic heterocycles. The van der Waals surface area contributed by atoms with Crippen LogP contribution in [0, 0.1) is 6.92 Å². The maximum Gasteiger partial charge on any atom is 0.230 e. The van der Waals surface area contributed by atoms with Crippen LogP contribution in [0.2, 0.25) is 0 Å². The predicted octanol–water partition coefficient (Wildman–Crippen LogP) is 3.20. The monoisotopic (exact) mass is 311 g/mol. The van der Waals surface area contributed by atoms with Gasteiger partial charge in [-0.3, -0.25) is 9.48 Å². The molecule has 1 aromatic carbocycles. The predicted molar refractivity (Wildman–Crippen MR) is 91.1 cm³/mol. The van der Waals surface area contributed by atoms with Crippen LogP contribution in [0.3, 0.4) is 0 Å². The lowest BCUT2D eigenvalue weighted by Crippen LogP contribution is -2.52. The number of carbonyl (C=O) groups is 1. The second kappa shape index (κ2) is 5.52. The number of aromatic nitrogens is 2. The number of hydrogen-bond acceptors (Lipinski definition) is 2. The van der Waals surface area contributed by atoms with Crippen molar-refractivity contribution in [3.8, 4) is 0 Å². The van der Waals surface area contributed by atoms with Crippen molar-refractivity contribution < 1.29 is 4.79 Å². The summed E-state index contributed by atoms with van der Waals surface area (Å²) < 4.78 is 1.75. The molecule has 1 atom stereocenters. The highest BCUT2D eigenvalue weighted by Crippen LogP contribution is 2.34. The molecule has 0 radical (unpaired) electrons. The van der Waals surface area contributed by atoms with Gasteiger partial charge in [0, 0.05) is 30.9 Å². The molecule has 2 heterocycles. The molecule has 1 amide bonds. The minimum Gasteiger partial charge on any atom is -0.332 e. The number of benzene rings is 1. The number of rotatable bonds is 2. The van der Waals surface area contributed by atoms with Crippen LogP contribution < -0.4 is 0 Å². The first-order valence-corrected chi connectivity index (χ1v) is 8.17. The van der Waals surface area contributed by atoms with E-state index >= 15 is 0 Å². The molecular weight excluding hydrogens is 286 g/mol. The molecule has 3 rings (SSSR count). The zero-order chi connectivity index (χ0) is 16.8. The Hall–Kier alpha value is -2.10. The Morgan fingerprint density at radius 1 is 1.35 bits per heavy atom. The molecule has 0 saturated carbocycles. The van der Waals surface area contributed by atoms with Gasteiger partial charge in [-0.1, -0.05) is 18.2 Å². The number of amides is 1. The fraction of sp³-hybridized carbons (Fsp3) is 0.474. The van der Waals surface area contributed by atoms with Crippen molar-refractivity contribution in [1.29, 1.82) is 0 Å². The van der Waals surface area contributed by atoms with Gasteiger partial charge in [0.25, 0.3) is 0 Å². The number of fused-ring (bicyclic) bond motifs is 1. The minimum atomic E-state index is -0.174. The van der Waals surface area contributed by atoms with E-state index in [1.807, 2.05) is 25.1 Å². The van der Waals surface area contributed by atoms with Crippen LogP contribution in [0.15, 0.2) is 30.6 Å². The standard InChI is InChI=1S/C19H25N3O/c1-13-7-6-8-15-12-22(19(3,4)9-17(13)15)18(23)14(2)16-10-20-21(5)11-16/h6-8,10-11,14H,9,12H2,1-5H3. The van der Waals surface area contributed by atoms with Crippen LogP contribution in [0.1, 0.15) is 48.9 Å². The third-order valence-corrected chi connectivity index (χ3v) is 5.04. The molecular formula is C19H25N3O. The third kappa shape index (κ3) is 2.78. The zero-order valence-electron chi connectivity index (χ0n) is 14.6. The Labute approximate surface area is 138 Å². The highest BCUT2D eigenvalue weighted by molar-refractivity contribution is 5.84. The molecule has 0 aliphatic carbocycles. The first-order valence-electron chi connectivity index (χ1n) is 8.17. The van der Waals surface area contributed by atoms with Gasteiger partial charge in [0.05, 0.1) is 12.1 Å². The quantitative estimate of drug-likeness (QED) is 0.854. The summed E-state index contributed by atoms with van der Waals surface area (Å²) in [5, 5.41) is 4.20. The van der Waals surface area contributed by atoms with Crippen molar-refractivity contribution >= 4 is 5.91 Å². The normalized spacial score (nSPS) is 17.7. The van der Waals surface area contributed by atoms with E-state index in [0.717, 1.165) is 12.0 Å². The average Bonchev–Trinajstić information content (AvgIpc) is 2.92. The van der Waals surface area contributed by atoms with Gasteiger partial charge in [-0.05, 0) is 50.8 Å². The Balaban J connectivity index is 1.91. The smallest absolute Gasteiger partial charge is 0.230 e. The van der Waals surface area contributed by atoms with Crippen LogP contribution in [-0.2, 0) is 24.8 Å². The Kier molecular flexibility index (Phi) is 3.78. The van der Waals surface area contributed by atoms with Crippen LogP contribution in [-0.4, -0.2) is 26.1 Å².